The maximum Gasteiger partial charge on any atom is 0.120 e. The Labute approximate surface area is 136 Å². The summed E-state index contributed by atoms with van der Waals surface area (Å²) in [5, 5.41) is 0. The summed E-state index contributed by atoms with van der Waals surface area (Å²) in [7, 11) is 0. The minimum absolute atomic E-state index is 0.564. The molecule has 22 heavy (non-hydrogen) atoms. The average Bonchev–Trinajstić information content (AvgIpc) is 2.61. The standard InChI is InChI=1S/C18H19NO2S/c22-18(19-9-11-20-12-10-19)16-7-4-8-17(13-16)21-14-15-5-2-1-3-6-15/h1-8,13H,9-12,14H2. The van der Waals surface area contributed by atoms with E-state index in [0.717, 1.165) is 48.2 Å². The highest BCUT2D eigenvalue weighted by Gasteiger charge is 2.15. The van der Waals surface area contributed by atoms with Gasteiger partial charge < -0.3 is 14.4 Å². The van der Waals surface area contributed by atoms with Gasteiger partial charge in [-0.3, -0.25) is 0 Å². The van der Waals surface area contributed by atoms with Gasteiger partial charge in [-0.25, -0.2) is 0 Å². The minimum Gasteiger partial charge on any atom is -0.489 e. The predicted molar refractivity (Wildman–Crippen MR) is 91.3 cm³/mol. The summed E-state index contributed by atoms with van der Waals surface area (Å²) in [5.74, 6) is 0.844. The molecule has 2 aromatic carbocycles. The molecule has 3 rings (SSSR count). The van der Waals surface area contributed by atoms with Crippen LogP contribution >= 0.6 is 12.2 Å². The van der Waals surface area contributed by atoms with E-state index in [9.17, 15) is 0 Å². The summed E-state index contributed by atoms with van der Waals surface area (Å²) in [6.45, 7) is 3.76. The van der Waals surface area contributed by atoms with Gasteiger partial charge in [0.1, 0.15) is 17.3 Å². The number of benzene rings is 2. The third-order valence-corrected chi connectivity index (χ3v) is 4.12. The molecule has 1 fully saturated rings. The van der Waals surface area contributed by atoms with Crippen molar-refractivity contribution in [1.29, 1.82) is 0 Å². The predicted octanol–water partition coefficient (Wildman–Crippen LogP) is 3.27. The van der Waals surface area contributed by atoms with Gasteiger partial charge in [0.15, 0.2) is 0 Å². The molecule has 0 saturated carbocycles. The van der Waals surface area contributed by atoms with Gasteiger partial charge in [-0.15, -0.1) is 0 Å². The average molecular weight is 313 g/mol. The van der Waals surface area contributed by atoms with Crippen molar-refractivity contribution < 1.29 is 9.47 Å². The highest BCUT2D eigenvalue weighted by Crippen LogP contribution is 2.18. The van der Waals surface area contributed by atoms with Crippen LogP contribution in [0, 0.1) is 0 Å². The number of morpholine rings is 1. The van der Waals surface area contributed by atoms with Crippen molar-refractivity contribution in [1.82, 2.24) is 4.90 Å². The summed E-state index contributed by atoms with van der Waals surface area (Å²) < 4.78 is 11.2. The maximum absolute atomic E-state index is 5.87. The normalized spacial score (nSPS) is 14.6. The Hall–Kier alpha value is -1.91. The first-order chi connectivity index (χ1) is 10.8. The van der Waals surface area contributed by atoms with E-state index in [1.807, 2.05) is 42.5 Å². The Kier molecular flexibility index (Phi) is 5.03. The maximum atomic E-state index is 5.87. The number of nitrogens with zero attached hydrogens (tertiary/aromatic N) is 1. The lowest BCUT2D eigenvalue weighted by atomic mass is 10.2. The Morgan fingerprint density at radius 3 is 2.59 bits per heavy atom. The molecule has 0 bridgehead atoms. The molecule has 0 amide bonds. The van der Waals surface area contributed by atoms with Crippen LogP contribution in [0.5, 0.6) is 5.75 Å². The number of hydrogen-bond acceptors (Lipinski definition) is 3. The lowest BCUT2D eigenvalue weighted by Crippen LogP contribution is -2.40. The van der Waals surface area contributed by atoms with Gasteiger partial charge in [0.25, 0.3) is 0 Å². The summed E-state index contributed by atoms with van der Waals surface area (Å²) in [6.07, 6.45) is 0. The second kappa shape index (κ2) is 7.38. The molecular weight excluding hydrogens is 294 g/mol. The Morgan fingerprint density at radius 1 is 1.05 bits per heavy atom. The van der Waals surface area contributed by atoms with Crippen LogP contribution in [-0.4, -0.2) is 36.2 Å². The molecule has 1 heterocycles. The molecule has 4 heteroatoms. The van der Waals surface area contributed by atoms with Crippen molar-refractivity contribution in [3.05, 3.63) is 65.7 Å². The molecular formula is C18H19NO2S. The number of ether oxygens (including phenoxy) is 2. The number of rotatable bonds is 4. The fraction of sp³-hybridized carbons (Fsp3) is 0.278. The van der Waals surface area contributed by atoms with Crippen LogP contribution in [0.25, 0.3) is 0 Å². The van der Waals surface area contributed by atoms with E-state index < -0.39 is 0 Å². The molecule has 0 N–H and O–H groups in total. The van der Waals surface area contributed by atoms with Crippen LogP contribution in [0.1, 0.15) is 11.1 Å². The van der Waals surface area contributed by atoms with E-state index in [0.29, 0.717) is 6.61 Å². The Balaban J connectivity index is 1.65. The largest absolute Gasteiger partial charge is 0.489 e. The monoisotopic (exact) mass is 313 g/mol. The van der Waals surface area contributed by atoms with Crippen LogP contribution in [0.4, 0.5) is 0 Å². The van der Waals surface area contributed by atoms with E-state index in [1.54, 1.807) is 0 Å². The van der Waals surface area contributed by atoms with Gasteiger partial charge in [0.05, 0.1) is 13.2 Å². The molecule has 1 aliphatic heterocycles. The van der Waals surface area contributed by atoms with Crippen LogP contribution < -0.4 is 4.74 Å². The van der Waals surface area contributed by atoms with E-state index in [4.69, 9.17) is 21.7 Å². The molecule has 0 atom stereocenters. The molecule has 2 aromatic rings. The molecule has 3 nitrogen and oxygen atoms in total. The Morgan fingerprint density at radius 2 is 1.82 bits per heavy atom. The molecule has 0 aliphatic carbocycles. The second-order valence-corrected chi connectivity index (χ2v) is 5.59. The third kappa shape index (κ3) is 3.84. The van der Waals surface area contributed by atoms with Gasteiger partial charge in [0.2, 0.25) is 0 Å². The van der Waals surface area contributed by atoms with Gasteiger partial charge in [-0.05, 0) is 17.7 Å². The third-order valence-electron chi connectivity index (χ3n) is 3.63. The zero-order valence-electron chi connectivity index (χ0n) is 12.4. The highest BCUT2D eigenvalue weighted by atomic mass is 32.1. The van der Waals surface area contributed by atoms with Gasteiger partial charge in [-0.2, -0.15) is 0 Å². The van der Waals surface area contributed by atoms with E-state index in [1.165, 1.54) is 0 Å². The molecule has 0 radical (unpaired) electrons. The van der Waals surface area contributed by atoms with Crippen molar-refractivity contribution in [3.8, 4) is 5.75 Å². The van der Waals surface area contributed by atoms with Crippen LogP contribution in [0.15, 0.2) is 54.6 Å². The lowest BCUT2D eigenvalue weighted by Gasteiger charge is -2.29. The van der Waals surface area contributed by atoms with Gasteiger partial charge in [0, 0.05) is 18.7 Å². The van der Waals surface area contributed by atoms with E-state index in [2.05, 4.69) is 17.0 Å². The molecule has 0 unspecified atom stereocenters. The topological polar surface area (TPSA) is 21.7 Å². The van der Waals surface area contributed by atoms with Crippen molar-refractivity contribution in [3.63, 3.8) is 0 Å². The first kappa shape index (κ1) is 15.0. The molecule has 114 valence electrons. The SMILES string of the molecule is S=C(c1cccc(OCc2ccccc2)c1)N1CCOCC1. The molecule has 1 aliphatic rings. The number of thiocarbonyl (C=S) groups is 1. The van der Waals surface area contributed by atoms with Crippen molar-refractivity contribution in [2.45, 2.75) is 6.61 Å². The zero-order chi connectivity index (χ0) is 15.2. The fourth-order valence-corrected chi connectivity index (χ4v) is 2.72. The smallest absolute Gasteiger partial charge is 0.120 e. The molecule has 0 spiro atoms. The summed E-state index contributed by atoms with van der Waals surface area (Å²) in [4.78, 5) is 3.06. The minimum atomic E-state index is 0.564. The van der Waals surface area contributed by atoms with Crippen molar-refractivity contribution >= 4 is 17.2 Å². The first-order valence-electron chi connectivity index (χ1n) is 7.47. The van der Waals surface area contributed by atoms with Gasteiger partial charge >= 0.3 is 0 Å². The lowest BCUT2D eigenvalue weighted by molar-refractivity contribution is 0.0693. The summed E-state index contributed by atoms with van der Waals surface area (Å²) >= 11 is 5.59. The van der Waals surface area contributed by atoms with E-state index >= 15 is 0 Å². The summed E-state index contributed by atoms with van der Waals surface area (Å²) in [5.41, 5.74) is 2.19. The number of hydrogen-bond donors (Lipinski definition) is 0. The second-order valence-electron chi connectivity index (χ2n) is 5.21. The molecule has 1 saturated heterocycles. The quantitative estimate of drug-likeness (QED) is 0.808. The molecule has 0 aromatic heterocycles. The van der Waals surface area contributed by atoms with E-state index in [-0.39, 0.29) is 0 Å². The zero-order valence-corrected chi connectivity index (χ0v) is 13.2. The highest BCUT2D eigenvalue weighted by molar-refractivity contribution is 7.80. The van der Waals surface area contributed by atoms with Crippen LogP contribution in [0.2, 0.25) is 0 Å². The van der Waals surface area contributed by atoms with Crippen LogP contribution in [-0.2, 0) is 11.3 Å². The van der Waals surface area contributed by atoms with Crippen molar-refractivity contribution in [2.24, 2.45) is 0 Å². The van der Waals surface area contributed by atoms with Gasteiger partial charge in [-0.1, -0.05) is 54.7 Å². The fourth-order valence-electron chi connectivity index (χ4n) is 2.41. The Bertz CT molecular complexity index is 624. The van der Waals surface area contributed by atoms with Crippen LogP contribution in [0.3, 0.4) is 0 Å². The summed E-state index contributed by atoms with van der Waals surface area (Å²) in [6, 6.07) is 18.2. The van der Waals surface area contributed by atoms with Crippen molar-refractivity contribution in [2.75, 3.05) is 26.3 Å². The first-order valence-corrected chi connectivity index (χ1v) is 7.87.